The van der Waals surface area contributed by atoms with E-state index in [4.69, 9.17) is 5.21 Å². The summed E-state index contributed by atoms with van der Waals surface area (Å²) >= 11 is 0. The van der Waals surface area contributed by atoms with E-state index in [0.717, 1.165) is 10.4 Å². The molecule has 0 heterocycles. The molecule has 5 nitrogen and oxygen atoms in total. The highest BCUT2D eigenvalue weighted by atomic mass is 32.2. The van der Waals surface area contributed by atoms with Crippen LogP contribution in [0, 0.1) is 6.92 Å². The highest BCUT2D eigenvalue weighted by Crippen LogP contribution is 2.12. The molecular weight excluding hydrogens is 194 g/mol. The molecule has 2 N–H and O–H groups in total. The molecule has 0 aliphatic heterocycles. The van der Waals surface area contributed by atoms with Crippen LogP contribution in [-0.4, -0.2) is 13.6 Å². The van der Waals surface area contributed by atoms with Gasteiger partial charge in [-0.25, -0.2) is 0 Å². The second kappa shape index (κ2) is 3.73. The van der Waals surface area contributed by atoms with Crippen LogP contribution in [0.4, 0.5) is 0 Å². The Balaban J connectivity index is 2.82. The van der Waals surface area contributed by atoms with Gasteiger partial charge in [0, 0.05) is 0 Å². The van der Waals surface area contributed by atoms with Gasteiger partial charge in [0.2, 0.25) is 0 Å². The molecule has 1 rings (SSSR count). The van der Waals surface area contributed by atoms with Gasteiger partial charge in [-0.1, -0.05) is 22.6 Å². The number of hydrogen-bond donors (Lipinski definition) is 2. The monoisotopic (exact) mass is 203 g/mol. The minimum absolute atomic E-state index is 0.146. The van der Waals surface area contributed by atoms with E-state index in [9.17, 15) is 8.42 Å². The Kier molecular flexibility index (Phi) is 2.86. The van der Waals surface area contributed by atoms with Crippen molar-refractivity contribution in [3.8, 4) is 5.75 Å². The molecule has 0 saturated heterocycles. The van der Waals surface area contributed by atoms with Crippen molar-refractivity contribution in [2.24, 2.45) is 0 Å². The number of rotatable bonds is 3. The third-order valence-corrected chi connectivity index (χ3v) is 1.97. The second-order valence-corrected chi connectivity index (χ2v) is 3.70. The molecule has 0 radical (unpaired) electrons. The van der Waals surface area contributed by atoms with Crippen LogP contribution in [0.1, 0.15) is 5.56 Å². The van der Waals surface area contributed by atoms with Crippen LogP contribution >= 0.6 is 0 Å². The molecule has 0 fully saturated rings. The van der Waals surface area contributed by atoms with Crippen molar-refractivity contribution >= 4 is 10.3 Å². The molecule has 0 aliphatic rings. The van der Waals surface area contributed by atoms with Gasteiger partial charge in [-0.15, -0.1) is 0 Å². The van der Waals surface area contributed by atoms with E-state index in [1.165, 1.54) is 12.1 Å². The van der Waals surface area contributed by atoms with Crippen molar-refractivity contribution in [3.05, 3.63) is 29.8 Å². The average molecular weight is 203 g/mol. The van der Waals surface area contributed by atoms with Crippen LogP contribution in [0.2, 0.25) is 0 Å². The van der Waals surface area contributed by atoms with Crippen molar-refractivity contribution in [3.63, 3.8) is 0 Å². The smallest absolute Gasteiger partial charge is 0.370 e. The molecular formula is C7H9NO4S. The highest BCUT2D eigenvalue weighted by molar-refractivity contribution is 7.84. The van der Waals surface area contributed by atoms with Gasteiger partial charge in [0.15, 0.2) is 0 Å². The zero-order valence-corrected chi connectivity index (χ0v) is 7.71. The van der Waals surface area contributed by atoms with Crippen molar-refractivity contribution < 1.29 is 17.8 Å². The van der Waals surface area contributed by atoms with Crippen LogP contribution in [0.5, 0.6) is 5.75 Å². The summed E-state index contributed by atoms with van der Waals surface area (Å²) in [5, 5.41) is 8.15. The largest absolute Gasteiger partial charge is 0.404 e. The maximum atomic E-state index is 10.7. The van der Waals surface area contributed by atoms with E-state index >= 15 is 0 Å². The van der Waals surface area contributed by atoms with Gasteiger partial charge in [-0.3, -0.25) is 5.21 Å². The molecule has 1 aromatic rings. The summed E-state index contributed by atoms with van der Waals surface area (Å²) in [6.45, 7) is 1.86. The molecule has 1 aromatic carbocycles. The summed E-state index contributed by atoms with van der Waals surface area (Å²) < 4.78 is 25.8. The lowest BCUT2D eigenvalue weighted by Crippen LogP contribution is -2.24. The lowest BCUT2D eigenvalue weighted by atomic mass is 10.2. The first kappa shape index (κ1) is 9.97. The standard InChI is InChI=1S/C7H9NO4S/c1-6-2-4-7(5-3-6)12-13(10,11)8-9/h2-5,8-9H,1H3. The van der Waals surface area contributed by atoms with Crippen LogP contribution in [0.15, 0.2) is 24.3 Å². The molecule has 0 spiro atoms. The predicted molar refractivity (Wildman–Crippen MR) is 45.6 cm³/mol. The number of aryl methyl sites for hydroxylation is 1. The van der Waals surface area contributed by atoms with Gasteiger partial charge >= 0.3 is 10.3 Å². The predicted octanol–water partition coefficient (Wildman–Crippen LogP) is 0.597. The summed E-state index contributed by atoms with van der Waals surface area (Å²) in [4.78, 5) is 1.05. The first-order valence-corrected chi connectivity index (χ1v) is 4.86. The molecule has 0 aliphatic carbocycles. The third-order valence-electron chi connectivity index (χ3n) is 1.34. The summed E-state index contributed by atoms with van der Waals surface area (Å²) in [5.41, 5.74) is 0.988. The number of hydrogen-bond acceptors (Lipinski definition) is 4. The minimum Gasteiger partial charge on any atom is -0.370 e. The molecule has 0 amide bonds. The fourth-order valence-corrected chi connectivity index (χ4v) is 1.14. The Labute approximate surface area is 76.2 Å². The van der Waals surface area contributed by atoms with Crippen LogP contribution in [0.25, 0.3) is 0 Å². The highest BCUT2D eigenvalue weighted by Gasteiger charge is 2.09. The SMILES string of the molecule is Cc1ccc(OS(=O)(=O)NO)cc1. The van der Waals surface area contributed by atoms with Crippen LogP contribution < -0.4 is 9.07 Å². The van der Waals surface area contributed by atoms with Gasteiger partial charge in [-0.05, 0) is 19.1 Å². The average Bonchev–Trinajstić information content (AvgIpc) is 2.09. The molecule has 0 saturated carbocycles. The molecule has 0 bridgehead atoms. The van der Waals surface area contributed by atoms with Crippen molar-refractivity contribution in [1.29, 1.82) is 0 Å². The van der Waals surface area contributed by atoms with E-state index in [1.807, 2.05) is 6.92 Å². The van der Waals surface area contributed by atoms with E-state index in [0.29, 0.717) is 0 Å². The first-order valence-electron chi connectivity index (χ1n) is 3.45. The Morgan fingerprint density at radius 3 is 2.31 bits per heavy atom. The van der Waals surface area contributed by atoms with Crippen molar-refractivity contribution in [1.82, 2.24) is 4.89 Å². The second-order valence-electron chi connectivity index (χ2n) is 2.44. The molecule has 13 heavy (non-hydrogen) atoms. The van der Waals surface area contributed by atoms with Crippen LogP contribution in [0.3, 0.4) is 0 Å². The number of nitrogens with one attached hydrogen (secondary N) is 1. The van der Waals surface area contributed by atoms with E-state index in [1.54, 1.807) is 12.1 Å². The zero-order valence-electron chi connectivity index (χ0n) is 6.89. The van der Waals surface area contributed by atoms with E-state index in [2.05, 4.69) is 4.18 Å². The minimum atomic E-state index is -4.08. The molecule has 72 valence electrons. The summed E-state index contributed by atoms with van der Waals surface area (Å²) in [5.74, 6) is 0.146. The third kappa shape index (κ3) is 3.02. The van der Waals surface area contributed by atoms with Gasteiger partial charge in [0.05, 0.1) is 0 Å². The maximum absolute atomic E-state index is 10.7. The molecule has 0 unspecified atom stereocenters. The fraction of sp³-hybridized carbons (Fsp3) is 0.143. The Morgan fingerprint density at radius 2 is 1.85 bits per heavy atom. The Hall–Kier alpha value is -1.11. The van der Waals surface area contributed by atoms with Crippen LogP contribution in [-0.2, 0) is 10.3 Å². The fourth-order valence-electron chi connectivity index (χ4n) is 0.739. The number of benzene rings is 1. The lowest BCUT2D eigenvalue weighted by Gasteiger charge is -2.03. The Bertz CT molecular complexity index is 370. The van der Waals surface area contributed by atoms with E-state index < -0.39 is 10.3 Å². The zero-order chi connectivity index (χ0) is 9.90. The normalized spacial score (nSPS) is 11.2. The quantitative estimate of drug-likeness (QED) is 0.705. The first-order chi connectivity index (χ1) is 6.03. The van der Waals surface area contributed by atoms with Crippen molar-refractivity contribution in [2.45, 2.75) is 6.92 Å². The summed E-state index contributed by atoms with van der Waals surface area (Å²) in [6.07, 6.45) is 0. The lowest BCUT2D eigenvalue weighted by molar-refractivity contribution is 0.228. The van der Waals surface area contributed by atoms with Gasteiger partial charge in [-0.2, -0.15) is 8.42 Å². The van der Waals surface area contributed by atoms with Gasteiger partial charge in [0.1, 0.15) is 5.75 Å². The summed E-state index contributed by atoms with van der Waals surface area (Å²) in [7, 11) is -4.08. The van der Waals surface area contributed by atoms with Gasteiger partial charge in [0.25, 0.3) is 0 Å². The van der Waals surface area contributed by atoms with Crippen molar-refractivity contribution in [2.75, 3.05) is 0 Å². The molecule has 6 heteroatoms. The van der Waals surface area contributed by atoms with E-state index in [-0.39, 0.29) is 5.75 Å². The topological polar surface area (TPSA) is 75.6 Å². The summed E-state index contributed by atoms with van der Waals surface area (Å²) in [6, 6.07) is 6.37. The molecule has 0 atom stereocenters. The van der Waals surface area contributed by atoms with Gasteiger partial charge < -0.3 is 4.18 Å². The maximum Gasteiger partial charge on any atom is 0.404 e. The molecule has 0 aromatic heterocycles. The Morgan fingerprint density at radius 1 is 1.31 bits per heavy atom.